The minimum Gasteiger partial charge on any atom is -0.368 e. The zero-order chi connectivity index (χ0) is 22.1. The van der Waals surface area contributed by atoms with E-state index in [1.165, 1.54) is 0 Å². The molecular weight excluding hydrogens is 422 g/mol. The van der Waals surface area contributed by atoms with E-state index >= 15 is 0 Å². The molecule has 0 radical (unpaired) electrons. The van der Waals surface area contributed by atoms with Crippen molar-refractivity contribution in [3.8, 4) is 0 Å². The van der Waals surface area contributed by atoms with E-state index in [2.05, 4.69) is 56.8 Å². The number of carbonyl (C=O) groups excluding carboxylic acids is 1. The lowest BCUT2D eigenvalue weighted by atomic mass is 10.1. The fourth-order valence-corrected chi connectivity index (χ4v) is 4.93. The lowest BCUT2D eigenvalue weighted by Crippen LogP contribution is -2.48. The van der Waals surface area contributed by atoms with Crippen LogP contribution < -0.4 is 4.90 Å². The third-order valence-electron chi connectivity index (χ3n) is 6.71. The van der Waals surface area contributed by atoms with Crippen LogP contribution in [0.4, 0.5) is 5.69 Å². The van der Waals surface area contributed by atoms with E-state index in [0.717, 1.165) is 73.1 Å². The fraction of sp³-hybridized carbons (Fsp3) is 0.400. The van der Waals surface area contributed by atoms with Gasteiger partial charge in [-0.25, -0.2) is 0 Å². The number of piperazine rings is 2. The first-order valence-corrected chi connectivity index (χ1v) is 11.7. The van der Waals surface area contributed by atoms with Gasteiger partial charge in [-0.05, 0) is 31.3 Å². The highest BCUT2D eigenvalue weighted by Gasteiger charge is 2.25. The molecule has 2 fully saturated rings. The molecule has 1 amide bonds. The number of likely N-dealkylation sites (N-methyl/N-ethyl adjacent to an activating group) is 1. The molecule has 0 spiro atoms. The summed E-state index contributed by atoms with van der Waals surface area (Å²) in [6, 6.07) is 16.2. The Bertz CT molecular complexity index is 1100. The number of rotatable bonds is 4. The zero-order valence-electron chi connectivity index (χ0n) is 18.6. The van der Waals surface area contributed by atoms with Crippen molar-refractivity contribution in [2.75, 3.05) is 64.3 Å². The maximum absolute atomic E-state index is 13.5. The lowest BCUT2D eigenvalue weighted by molar-refractivity contribution is 0.0748. The first-order chi connectivity index (χ1) is 15.6. The van der Waals surface area contributed by atoms with Crippen molar-refractivity contribution in [3.05, 3.63) is 65.3 Å². The molecule has 3 aromatic rings. The molecule has 2 aliphatic rings. The number of para-hydroxylation sites is 1. The highest BCUT2D eigenvalue weighted by Crippen LogP contribution is 2.25. The minimum atomic E-state index is 0.129. The molecule has 7 heteroatoms. The largest absolute Gasteiger partial charge is 0.368 e. The molecule has 2 saturated heterocycles. The number of aromatic nitrogens is 1. The average Bonchev–Trinajstić information content (AvgIpc) is 3.19. The average molecular weight is 452 g/mol. The smallest absolute Gasteiger partial charge is 0.256 e. The van der Waals surface area contributed by atoms with Crippen LogP contribution in [0.2, 0.25) is 5.02 Å². The first-order valence-electron chi connectivity index (χ1n) is 11.4. The number of hydrogen-bond donors (Lipinski definition) is 0. The summed E-state index contributed by atoms with van der Waals surface area (Å²) >= 11 is 6.16. The molecule has 0 N–H and O–H groups in total. The van der Waals surface area contributed by atoms with Crippen molar-refractivity contribution < 1.29 is 4.79 Å². The van der Waals surface area contributed by atoms with Crippen LogP contribution in [-0.2, 0) is 6.67 Å². The summed E-state index contributed by atoms with van der Waals surface area (Å²) in [6.45, 7) is 8.15. The zero-order valence-corrected chi connectivity index (χ0v) is 19.3. The maximum Gasteiger partial charge on any atom is 0.256 e. The summed E-state index contributed by atoms with van der Waals surface area (Å²) in [4.78, 5) is 22.6. The summed E-state index contributed by atoms with van der Waals surface area (Å²) in [5.41, 5.74) is 3.06. The molecule has 0 unspecified atom stereocenters. The highest BCUT2D eigenvalue weighted by atomic mass is 35.5. The minimum absolute atomic E-state index is 0.129. The predicted octanol–water partition coefficient (Wildman–Crippen LogP) is 3.46. The standard InChI is InChI=1S/C25H30ClN5O/c1-27-9-11-28(12-10-27)19-31-18-23(22-7-2-3-8-24(22)31)25(32)30-15-13-29(14-16-30)21-6-4-5-20(26)17-21/h2-8,17-18H,9-16,19H2,1H3. The van der Waals surface area contributed by atoms with Crippen LogP contribution in [0.25, 0.3) is 10.9 Å². The molecule has 168 valence electrons. The van der Waals surface area contributed by atoms with E-state index in [1.807, 2.05) is 29.2 Å². The van der Waals surface area contributed by atoms with Gasteiger partial charge in [-0.15, -0.1) is 0 Å². The molecule has 6 nitrogen and oxygen atoms in total. The number of benzene rings is 2. The van der Waals surface area contributed by atoms with Gasteiger partial charge in [-0.3, -0.25) is 9.69 Å². The second kappa shape index (κ2) is 9.14. The van der Waals surface area contributed by atoms with Crippen molar-refractivity contribution in [2.24, 2.45) is 0 Å². The summed E-state index contributed by atoms with van der Waals surface area (Å²) in [5, 5.41) is 1.79. The summed E-state index contributed by atoms with van der Waals surface area (Å²) in [5.74, 6) is 0.129. The monoisotopic (exact) mass is 451 g/mol. The number of amides is 1. The van der Waals surface area contributed by atoms with E-state index < -0.39 is 0 Å². The number of hydrogen-bond acceptors (Lipinski definition) is 4. The molecule has 32 heavy (non-hydrogen) atoms. The SMILES string of the molecule is CN1CCN(Cn2cc(C(=O)N3CCN(c4cccc(Cl)c4)CC3)c3ccccc32)CC1. The third kappa shape index (κ3) is 4.35. The van der Waals surface area contributed by atoms with E-state index in [4.69, 9.17) is 11.6 Å². The van der Waals surface area contributed by atoms with Gasteiger partial charge in [0, 0.05) is 80.2 Å². The molecule has 0 bridgehead atoms. The molecule has 2 aromatic carbocycles. The molecule has 1 aromatic heterocycles. The summed E-state index contributed by atoms with van der Waals surface area (Å²) in [6.07, 6.45) is 2.06. The normalized spacial score (nSPS) is 18.4. The molecule has 3 heterocycles. The quantitative estimate of drug-likeness (QED) is 0.608. The highest BCUT2D eigenvalue weighted by molar-refractivity contribution is 6.30. The lowest BCUT2D eigenvalue weighted by Gasteiger charge is -2.36. The van der Waals surface area contributed by atoms with Crippen LogP contribution in [0.1, 0.15) is 10.4 Å². The van der Waals surface area contributed by atoms with Crippen molar-refractivity contribution >= 4 is 34.1 Å². The molecule has 5 rings (SSSR count). The Balaban J connectivity index is 1.32. The van der Waals surface area contributed by atoms with Gasteiger partial charge < -0.3 is 19.3 Å². The van der Waals surface area contributed by atoms with E-state index in [9.17, 15) is 4.79 Å². The Morgan fingerprint density at radius 2 is 1.66 bits per heavy atom. The summed E-state index contributed by atoms with van der Waals surface area (Å²) < 4.78 is 2.25. The molecule has 2 aliphatic heterocycles. The number of carbonyl (C=O) groups is 1. The number of nitrogens with zero attached hydrogens (tertiary/aromatic N) is 5. The van der Waals surface area contributed by atoms with E-state index in [0.29, 0.717) is 13.1 Å². The third-order valence-corrected chi connectivity index (χ3v) is 6.94. The van der Waals surface area contributed by atoms with Gasteiger partial charge >= 0.3 is 0 Å². The van der Waals surface area contributed by atoms with Gasteiger partial charge in [0.15, 0.2) is 0 Å². The second-order valence-corrected chi connectivity index (χ2v) is 9.29. The maximum atomic E-state index is 13.5. The van der Waals surface area contributed by atoms with Gasteiger partial charge in [0.2, 0.25) is 0 Å². The van der Waals surface area contributed by atoms with Crippen molar-refractivity contribution in [2.45, 2.75) is 6.67 Å². The molecular formula is C25H30ClN5O. The van der Waals surface area contributed by atoms with Crippen molar-refractivity contribution in [1.29, 1.82) is 0 Å². The molecule has 0 aliphatic carbocycles. The number of fused-ring (bicyclic) bond motifs is 1. The Morgan fingerprint density at radius 1 is 0.906 bits per heavy atom. The van der Waals surface area contributed by atoms with Crippen LogP contribution in [0.3, 0.4) is 0 Å². The van der Waals surface area contributed by atoms with E-state index in [1.54, 1.807) is 0 Å². The topological polar surface area (TPSA) is 35.0 Å². The van der Waals surface area contributed by atoms with Crippen LogP contribution in [0.15, 0.2) is 54.7 Å². The molecule has 0 saturated carbocycles. The van der Waals surface area contributed by atoms with Gasteiger partial charge in [0.1, 0.15) is 0 Å². The van der Waals surface area contributed by atoms with Gasteiger partial charge in [-0.1, -0.05) is 35.9 Å². The Morgan fingerprint density at radius 3 is 2.41 bits per heavy atom. The fourth-order valence-electron chi connectivity index (χ4n) is 4.75. The Labute approximate surface area is 194 Å². The second-order valence-electron chi connectivity index (χ2n) is 8.85. The van der Waals surface area contributed by atoms with E-state index in [-0.39, 0.29) is 5.91 Å². The first kappa shape index (κ1) is 21.3. The Kier molecular flexibility index (Phi) is 6.09. The van der Waals surface area contributed by atoms with Crippen molar-refractivity contribution in [1.82, 2.24) is 19.3 Å². The Hall–Kier alpha value is -2.54. The predicted molar refractivity (Wildman–Crippen MR) is 131 cm³/mol. The van der Waals surface area contributed by atoms with Gasteiger partial charge in [-0.2, -0.15) is 0 Å². The van der Waals surface area contributed by atoms with Crippen LogP contribution in [0, 0.1) is 0 Å². The number of anilines is 1. The summed E-state index contributed by atoms with van der Waals surface area (Å²) in [7, 11) is 2.17. The van der Waals surface area contributed by atoms with Gasteiger partial charge in [0.05, 0.1) is 12.2 Å². The molecule has 0 atom stereocenters. The van der Waals surface area contributed by atoms with Gasteiger partial charge in [0.25, 0.3) is 5.91 Å². The van der Waals surface area contributed by atoms with Crippen molar-refractivity contribution in [3.63, 3.8) is 0 Å². The van der Waals surface area contributed by atoms with Crippen LogP contribution in [-0.4, -0.2) is 84.6 Å². The van der Waals surface area contributed by atoms with Crippen LogP contribution >= 0.6 is 11.6 Å². The van der Waals surface area contributed by atoms with Crippen LogP contribution in [0.5, 0.6) is 0 Å². The number of halogens is 1.